The van der Waals surface area contributed by atoms with Crippen molar-refractivity contribution < 1.29 is 23.0 Å². The van der Waals surface area contributed by atoms with Crippen molar-refractivity contribution in [2.45, 2.75) is 18.7 Å². The number of rotatable bonds is 5. The number of alkyl halides is 3. The molecule has 0 heterocycles. The average Bonchev–Trinajstić information content (AvgIpc) is 2.46. The van der Waals surface area contributed by atoms with E-state index in [0.29, 0.717) is 6.42 Å². The van der Waals surface area contributed by atoms with Gasteiger partial charge in [-0.3, -0.25) is 0 Å². The van der Waals surface area contributed by atoms with Crippen LogP contribution in [0.25, 0.3) is 0 Å². The highest BCUT2D eigenvalue weighted by atomic mass is 19.4. The van der Waals surface area contributed by atoms with Crippen LogP contribution >= 0.6 is 0 Å². The van der Waals surface area contributed by atoms with E-state index in [4.69, 9.17) is 0 Å². The normalized spacial score (nSPS) is 13.0. The third-order valence-electron chi connectivity index (χ3n) is 3.13. The fourth-order valence-electron chi connectivity index (χ4n) is 2.12. The maximum atomic E-state index is 12.1. The number of aliphatic hydroxyl groups is 1. The minimum atomic E-state index is -4.68. The first kappa shape index (κ1) is 15.4. The summed E-state index contributed by atoms with van der Waals surface area (Å²) in [5.74, 6) is -0.327. The van der Waals surface area contributed by atoms with Gasteiger partial charge in [0.05, 0.1) is 6.61 Å². The van der Waals surface area contributed by atoms with E-state index in [1.165, 1.54) is 12.1 Å². The van der Waals surface area contributed by atoms with E-state index >= 15 is 0 Å². The first-order chi connectivity index (χ1) is 9.98. The van der Waals surface area contributed by atoms with E-state index in [2.05, 4.69) is 4.74 Å². The molecule has 2 aromatic rings. The van der Waals surface area contributed by atoms with Crippen molar-refractivity contribution >= 4 is 0 Å². The minimum absolute atomic E-state index is 0.0230. The molecule has 2 rings (SSSR count). The van der Waals surface area contributed by atoms with Crippen molar-refractivity contribution in [1.29, 1.82) is 0 Å². The highest BCUT2D eigenvalue weighted by Gasteiger charge is 2.30. The molecule has 5 heteroatoms. The Hall–Kier alpha value is -2.01. The van der Waals surface area contributed by atoms with Crippen molar-refractivity contribution in [3.05, 3.63) is 65.7 Å². The molecule has 0 amide bonds. The van der Waals surface area contributed by atoms with Crippen molar-refractivity contribution in [3.63, 3.8) is 0 Å². The lowest BCUT2D eigenvalue weighted by Crippen LogP contribution is -2.17. The molecule has 2 nitrogen and oxygen atoms in total. The van der Waals surface area contributed by atoms with Crippen LogP contribution in [-0.4, -0.2) is 18.1 Å². The SMILES string of the molecule is OCC(Cc1ccc(OC(F)(F)F)cc1)c1ccccc1. The maximum absolute atomic E-state index is 12.1. The van der Waals surface area contributed by atoms with Crippen LogP contribution in [0.15, 0.2) is 54.6 Å². The predicted octanol–water partition coefficient (Wildman–Crippen LogP) is 3.90. The summed E-state index contributed by atoms with van der Waals surface area (Å²) >= 11 is 0. The lowest BCUT2D eigenvalue weighted by atomic mass is 9.93. The van der Waals surface area contributed by atoms with E-state index in [1.54, 1.807) is 12.1 Å². The Balaban J connectivity index is 2.05. The summed E-state index contributed by atoms with van der Waals surface area (Å²) in [7, 11) is 0. The van der Waals surface area contributed by atoms with Crippen molar-refractivity contribution in [2.24, 2.45) is 0 Å². The van der Waals surface area contributed by atoms with Gasteiger partial charge in [0.15, 0.2) is 0 Å². The maximum Gasteiger partial charge on any atom is 0.573 e. The largest absolute Gasteiger partial charge is 0.573 e. The molecule has 0 aliphatic carbocycles. The summed E-state index contributed by atoms with van der Waals surface area (Å²) in [5.41, 5.74) is 1.84. The standard InChI is InChI=1S/C16H15F3O2/c17-16(18,19)21-15-8-6-12(7-9-15)10-14(11-20)13-4-2-1-3-5-13/h1-9,14,20H,10-11H2. The zero-order valence-corrected chi connectivity index (χ0v) is 11.2. The molecule has 21 heavy (non-hydrogen) atoms. The summed E-state index contributed by atoms with van der Waals surface area (Å²) in [4.78, 5) is 0. The highest BCUT2D eigenvalue weighted by molar-refractivity contribution is 5.30. The summed E-state index contributed by atoms with van der Waals surface area (Å²) in [6, 6.07) is 15.2. The number of halogens is 3. The molecule has 0 aliphatic heterocycles. The zero-order chi connectivity index (χ0) is 15.3. The molecule has 0 fully saturated rings. The minimum Gasteiger partial charge on any atom is -0.406 e. The fraction of sp³-hybridized carbons (Fsp3) is 0.250. The lowest BCUT2D eigenvalue weighted by Gasteiger charge is -2.15. The van der Waals surface area contributed by atoms with Crippen molar-refractivity contribution in [2.75, 3.05) is 6.61 Å². The highest BCUT2D eigenvalue weighted by Crippen LogP contribution is 2.25. The topological polar surface area (TPSA) is 29.5 Å². The van der Waals surface area contributed by atoms with Crippen LogP contribution in [0, 0.1) is 0 Å². The van der Waals surface area contributed by atoms with Gasteiger partial charge in [-0.1, -0.05) is 42.5 Å². The van der Waals surface area contributed by atoms with E-state index in [-0.39, 0.29) is 18.3 Å². The van der Waals surface area contributed by atoms with Crippen molar-refractivity contribution in [3.8, 4) is 5.75 Å². The molecule has 0 aromatic heterocycles. The molecule has 1 N–H and O–H groups in total. The van der Waals surface area contributed by atoms with Gasteiger partial charge in [-0.25, -0.2) is 0 Å². The van der Waals surface area contributed by atoms with Crippen molar-refractivity contribution in [1.82, 2.24) is 0 Å². The Morgan fingerprint density at radius 2 is 1.57 bits per heavy atom. The smallest absolute Gasteiger partial charge is 0.406 e. The molecule has 0 saturated heterocycles. The van der Waals surface area contributed by atoms with Crippen LogP contribution in [0.3, 0.4) is 0 Å². The Labute approximate surface area is 120 Å². The third-order valence-corrected chi connectivity index (χ3v) is 3.13. The second kappa shape index (κ2) is 6.63. The van der Waals surface area contributed by atoms with Crippen LogP contribution in [-0.2, 0) is 6.42 Å². The quantitative estimate of drug-likeness (QED) is 0.906. The Bertz CT molecular complexity index is 550. The monoisotopic (exact) mass is 296 g/mol. The summed E-state index contributed by atoms with van der Waals surface area (Å²) < 4.78 is 40.0. The average molecular weight is 296 g/mol. The Morgan fingerprint density at radius 1 is 0.952 bits per heavy atom. The van der Waals surface area contributed by atoms with Gasteiger partial charge in [-0.2, -0.15) is 0 Å². The molecule has 1 unspecified atom stereocenters. The van der Waals surface area contributed by atoms with Gasteiger partial charge < -0.3 is 9.84 Å². The van der Waals surface area contributed by atoms with E-state index in [0.717, 1.165) is 11.1 Å². The Morgan fingerprint density at radius 3 is 2.10 bits per heavy atom. The number of hydrogen-bond donors (Lipinski definition) is 1. The molecule has 0 radical (unpaired) electrons. The van der Waals surface area contributed by atoms with E-state index < -0.39 is 6.36 Å². The second-order valence-electron chi connectivity index (χ2n) is 4.69. The molecule has 0 spiro atoms. The lowest BCUT2D eigenvalue weighted by molar-refractivity contribution is -0.274. The molecule has 0 bridgehead atoms. The van der Waals surface area contributed by atoms with Crippen LogP contribution in [0.4, 0.5) is 13.2 Å². The molecule has 112 valence electrons. The Kier molecular flexibility index (Phi) is 4.85. The van der Waals surface area contributed by atoms with Crippen LogP contribution < -0.4 is 4.74 Å². The van der Waals surface area contributed by atoms with Crippen LogP contribution in [0.5, 0.6) is 5.75 Å². The van der Waals surface area contributed by atoms with Crippen LogP contribution in [0.2, 0.25) is 0 Å². The zero-order valence-electron chi connectivity index (χ0n) is 11.2. The first-order valence-corrected chi connectivity index (χ1v) is 6.48. The third kappa shape index (κ3) is 4.79. The fourth-order valence-corrected chi connectivity index (χ4v) is 2.12. The summed E-state index contributed by atoms with van der Waals surface area (Å²) in [6.07, 6.45) is -4.13. The molecular formula is C16H15F3O2. The van der Waals surface area contributed by atoms with E-state index in [1.807, 2.05) is 30.3 Å². The van der Waals surface area contributed by atoms with Gasteiger partial charge in [0.1, 0.15) is 5.75 Å². The summed E-state index contributed by atoms with van der Waals surface area (Å²) in [6.45, 7) is -0.0230. The number of aliphatic hydroxyl groups excluding tert-OH is 1. The summed E-state index contributed by atoms with van der Waals surface area (Å²) in [5, 5.41) is 9.47. The molecule has 2 aromatic carbocycles. The second-order valence-corrected chi connectivity index (χ2v) is 4.69. The van der Waals surface area contributed by atoms with Gasteiger partial charge in [-0.05, 0) is 29.7 Å². The van der Waals surface area contributed by atoms with E-state index in [9.17, 15) is 18.3 Å². The predicted molar refractivity (Wildman–Crippen MR) is 73.1 cm³/mol. The van der Waals surface area contributed by atoms with Gasteiger partial charge in [-0.15, -0.1) is 13.2 Å². The van der Waals surface area contributed by atoms with Gasteiger partial charge in [0.25, 0.3) is 0 Å². The molecule has 0 saturated carbocycles. The van der Waals surface area contributed by atoms with Gasteiger partial charge in [0.2, 0.25) is 0 Å². The number of ether oxygens (including phenoxy) is 1. The molecule has 0 aliphatic rings. The van der Waals surface area contributed by atoms with Gasteiger partial charge >= 0.3 is 6.36 Å². The van der Waals surface area contributed by atoms with Crippen LogP contribution in [0.1, 0.15) is 17.0 Å². The first-order valence-electron chi connectivity index (χ1n) is 6.48. The number of benzene rings is 2. The molecular weight excluding hydrogens is 281 g/mol. The number of hydrogen-bond acceptors (Lipinski definition) is 2. The van der Waals surface area contributed by atoms with Gasteiger partial charge in [0, 0.05) is 5.92 Å². The molecule has 1 atom stereocenters.